The molecule has 2 N–H and O–H groups in total. The van der Waals surface area contributed by atoms with Crippen molar-refractivity contribution in [3.8, 4) is 0 Å². The van der Waals surface area contributed by atoms with Crippen LogP contribution in [0.4, 0.5) is 0 Å². The van der Waals surface area contributed by atoms with Crippen molar-refractivity contribution in [3.05, 3.63) is 65.2 Å². The normalized spacial score (nSPS) is 16.5. The number of piperazine rings is 1. The van der Waals surface area contributed by atoms with Gasteiger partial charge in [0, 0.05) is 77.2 Å². The zero-order valence-electron chi connectivity index (χ0n) is 17.3. The maximum Gasteiger partial charge on any atom is 0.237 e. The molecule has 0 radical (unpaired) electrons. The van der Waals surface area contributed by atoms with Crippen LogP contribution in [0.15, 0.2) is 48.8 Å². The number of fused-ring (bicyclic) bond motifs is 2. The SMILES string of the molecule is CO[C@@H](Cc1cc2cc(Cl)ccc2[nH]1)N1CCN(Cc2cc3cnccc3[nH]2)C(=O)C1. The molecule has 160 valence electrons. The monoisotopic (exact) mass is 437 g/mol. The molecule has 1 amide bonds. The molecule has 1 aromatic carbocycles. The van der Waals surface area contributed by atoms with Crippen molar-refractivity contribution in [2.45, 2.75) is 19.2 Å². The van der Waals surface area contributed by atoms with Crippen LogP contribution in [-0.4, -0.2) is 63.6 Å². The highest BCUT2D eigenvalue weighted by Gasteiger charge is 2.29. The number of H-pyrrole nitrogens is 2. The van der Waals surface area contributed by atoms with Crippen molar-refractivity contribution >= 4 is 39.3 Å². The van der Waals surface area contributed by atoms with Gasteiger partial charge in [0.25, 0.3) is 0 Å². The van der Waals surface area contributed by atoms with Crippen molar-refractivity contribution < 1.29 is 9.53 Å². The number of halogens is 1. The van der Waals surface area contributed by atoms with Crippen molar-refractivity contribution in [3.63, 3.8) is 0 Å². The maximum atomic E-state index is 12.9. The lowest BCUT2D eigenvalue weighted by molar-refractivity contribution is -0.143. The largest absolute Gasteiger partial charge is 0.366 e. The van der Waals surface area contributed by atoms with E-state index in [2.05, 4.69) is 32.0 Å². The zero-order chi connectivity index (χ0) is 21.4. The first-order valence-corrected chi connectivity index (χ1v) is 10.7. The molecule has 0 aliphatic carbocycles. The topological polar surface area (TPSA) is 77.2 Å². The third-order valence-corrected chi connectivity index (χ3v) is 6.13. The molecule has 1 atom stereocenters. The number of rotatable bonds is 6. The molecular weight excluding hydrogens is 414 g/mol. The van der Waals surface area contributed by atoms with Crippen LogP contribution in [0.1, 0.15) is 11.4 Å². The second-order valence-electron chi connectivity index (χ2n) is 7.96. The van der Waals surface area contributed by atoms with Gasteiger partial charge in [0.05, 0.1) is 13.1 Å². The summed E-state index contributed by atoms with van der Waals surface area (Å²) in [6, 6.07) is 11.9. The van der Waals surface area contributed by atoms with E-state index in [9.17, 15) is 4.79 Å². The first-order chi connectivity index (χ1) is 15.1. The van der Waals surface area contributed by atoms with Crippen LogP contribution in [0.2, 0.25) is 5.02 Å². The lowest BCUT2D eigenvalue weighted by atomic mass is 10.2. The van der Waals surface area contributed by atoms with Crippen molar-refractivity contribution in [1.82, 2.24) is 24.8 Å². The summed E-state index contributed by atoms with van der Waals surface area (Å²) < 4.78 is 5.75. The van der Waals surface area contributed by atoms with Gasteiger partial charge < -0.3 is 19.6 Å². The summed E-state index contributed by atoms with van der Waals surface area (Å²) in [4.78, 5) is 27.8. The molecule has 4 aromatic rings. The van der Waals surface area contributed by atoms with E-state index in [4.69, 9.17) is 16.3 Å². The van der Waals surface area contributed by atoms with Gasteiger partial charge in [-0.15, -0.1) is 0 Å². The van der Waals surface area contributed by atoms with Gasteiger partial charge in [0.15, 0.2) is 0 Å². The van der Waals surface area contributed by atoms with Gasteiger partial charge >= 0.3 is 0 Å². The van der Waals surface area contributed by atoms with E-state index in [0.717, 1.165) is 39.7 Å². The van der Waals surface area contributed by atoms with Gasteiger partial charge in [-0.2, -0.15) is 0 Å². The fourth-order valence-electron chi connectivity index (χ4n) is 4.29. The lowest BCUT2D eigenvalue weighted by Gasteiger charge is -2.37. The third-order valence-electron chi connectivity index (χ3n) is 5.90. The summed E-state index contributed by atoms with van der Waals surface area (Å²) in [7, 11) is 1.69. The number of ether oxygens (including phenoxy) is 1. The van der Waals surface area contributed by atoms with E-state index in [-0.39, 0.29) is 12.1 Å². The molecule has 0 unspecified atom stereocenters. The predicted octanol–water partition coefficient (Wildman–Crippen LogP) is 3.56. The van der Waals surface area contributed by atoms with Gasteiger partial charge in [-0.25, -0.2) is 0 Å². The number of hydrogen-bond donors (Lipinski definition) is 2. The highest BCUT2D eigenvalue weighted by atomic mass is 35.5. The molecule has 1 aliphatic heterocycles. The highest BCUT2D eigenvalue weighted by Crippen LogP contribution is 2.22. The van der Waals surface area contributed by atoms with Crippen LogP contribution in [0.25, 0.3) is 21.8 Å². The molecule has 1 aliphatic rings. The average Bonchev–Trinajstić information content (AvgIpc) is 3.36. The Morgan fingerprint density at radius 2 is 1.90 bits per heavy atom. The van der Waals surface area contributed by atoms with Crippen LogP contribution < -0.4 is 0 Å². The lowest BCUT2D eigenvalue weighted by Crippen LogP contribution is -2.54. The number of aromatic nitrogens is 3. The molecule has 7 nitrogen and oxygen atoms in total. The van der Waals surface area contributed by atoms with Gasteiger partial charge in [0.2, 0.25) is 5.91 Å². The number of carbonyl (C=O) groups excluding carboxylic acids is 1. The van der Waals surface area contributed by atoms with Crippen molar-refractivity contribution in [2.24, 2.45) is 0 Å². The zero-order valence-corrected chi connectivity index (χ0v) is 18.0. The molecular formula is C23H24ClN5O2. The molecule has 0 spiro atoms. The number of nitrogens with one attached hydrogen (secondary N) is 2. The second kappa shape index (κ2) is 8.34. The van der Waals surface area contributed by atoms with Gasteiger partial charge in [-0.1, -0.05) is 11.6 Å². The smallest absolute Gasteiger partial charge is 0.237 e. The molecule has 1 saturated heterocycles. The molecule has 8 heteroatoms. The average molecular weight is 438 g/mol. The fourth-order valence-corrected chi connectivity index (χ4v) is 4.47. The number of nitrogens with zero attached hydrogens (tertiary/aromatic N) is 3. The quantitative estimate of drug-likeness (QED) is 0.483. The highest BCUT2D eigenvalue weighted by molar-refractivity contribution is 6.31. The van der Waals surface area contributed by atoms with Crippen molar-refractivity contribution in [2.75, 3.05) is 26.7 Å². The first kappa shape index (κ1) is 20.1. The van der Waals surface area contributed by atoms with Crippen LogP contribution >= 0.6 is 11.6 Å². The van der Waals surface area contributed by atoms with E-state index in [0.29, 0.717) is 31.1 Å². The van der Waals surface area contributed by atoms with Crippen LogP contribution in [0, 0.1) is 0 Å². The Labute approximate surface area is 185 Å². The summed E-state index contributed by atoms with van der Waals surface area (Å²) in [6.07, 6.45) is 4.09. The Hall–Kier alpha value is -2.87. The van der Waals surface area contributed by atoms with E-state index in [1.165, 1.54) is 0 Å². The summed E-state index contributed by atoms with van der Waals surface area (Å²) in [5.74, 6) is 0.105. The third kappa shape index (κ3) is 4.17. The molecule has 5 rings (SSSR count). The summed E-state index contributed by atoms with van der Waals surface area (Å²) in [5, 5.41) is 2.85. The summed E-state index contributed by atoms with van der Waals surface area (Å²) in [6.45, 7) is 2.33. The van der Waals surface area contributed by atoms with E-state index >= 15 is 0 Å². The minimum Gasteiger partial charge on any atom is -0.366 e. The Morgan fingerprint density at radius 3 is 2.71 bits per heavy atom. The van der Waals surface area contributed by atoms with Gasteiger partial charge in [0.1, 0.15) is 6.23 Å². The van der Waals surface area contributed by atoms with Crippen LogP contribution in [0.3, 0.4) is 0 Å². The molecule has 0 bridgehead atoms. The predicted molar refractivity (Wildman–Crippen MR) is 121 cm³/mol. The number of methoxy groups -OCH3 is 1. The first-order valence-electron chi connectivity index (χ1n) is 10.3. The number of benzene rings is 1. The Kier molecular flexibility index (Phi) is 5.40. The Balaban J connectivity index is 1.24. The van der Waals surface area contributed by atoms with E-state index in [1.54, 1.807) is 13.3 Å². The Morgan fingerprint density at radius 1 is 1.10 bits per heavy atom. The van der Waals surface area contributed by atoms with Crippen molar-refractivity contribution in [1.29, 1.82) is 0 Å². The minimum absolute atomic E-state index is 0.105. The maximum absolute atomic E-state index is 12.9. The standard InChI is InChI=1S/C23H24ClN5O2/c1-31-23(11-18-9-15-8-17(24)2-3-20(15)26-18)29-7-6-28(22(30)14-29)13-19-10-16-12-25-5-4-21(16)27-19/h2-5,8-10,12,23,26-27H,6-7,11,13-14H2,1H3/t23-/m0/s1. The van der Waals surface area contributed by atoms with Gasteiger partial charge in [-0.05, 0) is 36.4 Å². The molecule has 4 heterocycles. The second-order valence-corrected chi connectivity index (χ2v) is 8.40. The molecule has 31 heavy (non-hydrogen) atoms. The van der Waals surface area contributed by atoms with E-state index in [1.807, 2.05) is 35.4 Å². The number of amides is 1. The molecule has 3 aromatic heterocycles. The van der Waals surface area contributed by atoms with Crippen LogP contribution in [-0.2, 0) is 22.5 Å². The van der Waals surface area contributed by atoms with Gasteiger partial charge in [-0.3, -0.25) is 14.7 Å². The number of carbonyl (C=O) groups is 1. The molecule has 1 fully saturated rings. The van der Waals surface area contributed by atoms with E-state index < -0.39 is 0 Å². The van der Waals surface area contributed by atoms with Crippen LogP contribution in [0.5, 0.6) is 0 Å². The minimum atomic E-state index is -0.172. The number of pyridine rings is 1. The number of hydrogen-bond acceptors (Lipinski definition) is 4. The fraction of sp³-hybridized carbons (Fsp3) is 0.304. The Bertz CT molecular complexity index is 1200. The summed E-state index contributed by atoms with van der Waals surface area (Å²) >= 11 is 6.10. The number of aromatic amines is 2. The molecule has 0 saturated carbocycles. The summed E-state index contributed by atoms with van der Waals surface area (Å²) in [5.41, 5.74) is 4.16.